The standard InChI is InChI=1S/C13H16Br2ClNO2S/c14-8-9-3-1-2-4-13(9)17-20(18,19)10-5-6-12(16)11(15)7-10/h5-7,9,13,17H,1-4,8H2. The minimum atomic E-state index is -3.50. The molecule has 112 valence electrons. The van der Waals surface area contributed by atoms with Crippen LogP contribution in [0.25, 0.3) is 0 Å². The molecule has 2 atom stereocenters. The second-order valence-corrected chi connectivity index (χ2v) is 8.63. The molecule has 1 N–H and O–H groups in total. The molecule has 0 amide bonds. The van der Waals surface area contributed by atoms with Crippen molar-refractivity contribution in [2.24, 2.45) is 5.92 Å². The lowest BCUT2D eigenvalue weighted by Crippen LogP contribution is -2.42. The number of rotatable bonds is 4. The van der Waals surface area contributed by atoms with Crippen molar-refractivity contribution < 1.29 is 8.42 Å². The van der Waals surface area contributed by atoms with Gasteiger partial charge in [0.2, 0.25) is 10.0 Å². The smallest absolute Gasteiger partial charge is 0.208 e. The summed E-state index contributed by atoms with van der Waals surface area (Å²) in [6, 6.07) is 4.66. The van der Waals surface area contributed by atoms with E-state index in [1.54, 1.807) is 6.07 Å². The first-order chi connectivity index (χ1) is 9.44. The average molecular weight is 446 g/mol. The predicted molar refractivity (Wildman–Crippen MR) is 89.0 cm³/mol. The lowest BCUT2D eigenvalue weighted by Gasteiger charge is -2.30. The van der Waals surface area contributed by atoms with Crippen molar-refractivity contribution in [1.29, 1.82) is 0 Å². The van der Waals surface area contributed by atoms with Gasteiger partial charge >= 0.3 is 0 Å². The molecule has 1 aliphatic rings. The van der Waals surface area contributed by atoms with Gasteiger partial charge in [0.1, 0.15) is 0 Å². The van der Waals surface area contributed by atoms with Gasteiger partial charge < -0.3 is 0 Å². The lowest BCUT2D eigenvalue weighted by molar-refractivity contribution is 0.316. The van der Waals surface area contributed by atoms with Gasteiger partial charge in [-0.3, -0.25) is 0 Å². The van der Waals surface area contributed by atoms with Crippen LogP contribution in [0.2, 0.25) is 5.02 Å². The Bertz CT molecular complexity index is 580. The highest BCUT2D eigenvalue weighted by Gasteiger charge is 2.28. The van der Waals surface area contributed by atoms with Crippen LogP contribution in [0.4, 0.5) is 0 Å². The fraction of sp³-hybridized carbons (Fsp3) is 0.538. The van der Waals surface area contributed by atoms with Gasteiger partial charge in [0, 0.05) is 15.8 Å². The van der Waals surface area contributed by atoms with E-state index in [1.807, 2.05) is 0 Å². The maximum Gasteiger partial charge on any atom is 0.240 e. The molecule has 1 aliphatic carbocycles. The van der Waals surface area contributed by atoms with Gasteiger partial charge in [-0.25, -0.2) is 13.1 Å². The van der Waals surface area contributed by atoms with Crippen LogP contribution < -0.4 is 4.72 Å². The molecule has 3 nitrogen and oxygen atoms in total. The van der Waals surface area contributed by atoms with E-state index in [2.05, 4.69) is 36.6 Å². The molecular formula is C13H16Br2ClNO2S. The Morgan fingerprint density at radius 3 is 2.65 bits per heavy atom. The second kappa shape index (κ2) is 7.09. The summed E-state index contributed by atoms with van der Waals surface area (Å²) in [5, 5.41) is 1.32. The summed E-state index contributed by atoms with van der Waals surface area (Å²) in [6.07, 6.45) is 4.19. The maximum absolute atomic E-state index is 12.4. The van der Waals surface area contributed by atoms with E-state index >= 15 is 0 Å². The Labute approximate surface area is 141 Å². The first-order valence-electron chi connectivity index (χ1n) is 6.47. The first kappa shape index (κ1) is 16.7. The second-order valence-electron chi connectivity index (χ2n) is 5.00. The Morgan fingerprint density at radius 2 is 2.00 bits per heavy atom. The Balaban J connectivity index is 2.19. The molecule has 0 aliphatic heterocycles. The van der Waals surface area contributed by atoms with Crippen LogP contribution in [-0.4, -0.2) is 19.8 Å². The zero-order valence-corrected chi connectivity index (χ0v) is 15.5. The number of nitrogens with one attached hydrogen (secondary N) is 1. The highest BCUT2D eigenvalue weighted by molar-refractivity contribution is 9.10. The molecule has 0 bridgehead atoms. The quantitative estimate of drug-likeness (QED) is 0.701. The van der Waals surface area contributed by atoms with Crippen molar-refractivity contribution in [3.8, 4) is 0 Å². The van der Waals surface area contributed by atoms with Crippen LogP contribution >= 0.6 is 43.5 Å². The molecule has 0 saturated heterocycles. The van der Waals surface area contributed by atoms with Gasteiger partial charge in [-0.1, -0.05) is 40.4 Å². The number of hydrogen-bond acceptors (Lipinski definition) is 2. The Hall–Kier alpha value is 0.380. The molecule has 0 radical (unpaired) electrons. The molecule has 20 heavy (non-hydrogen) atoms. The van der Waals surface area contributed by atoms with Crippen LogP contribution in [-0.2, 0) is 10.0 Å². The minimum Gasteiger partial charge on any atom is -0.208 e. The molecule has 1 fully saturated rings. The SMILES string of the molecule is O=S(=O)(NC1CCCCC1CBr)c1ccc(Cl)c(Br)c1. The molecule has 2 unspecified atom stereocenters. The molecule has 0 aromatic heterocycles. The monoisotopic (exact) mass is 443 g/mol. The number of halogens is 3. The topological polar surface area (TPSA) is 46.2 Å². The normalized spacial score (nSPS) is 23.8. The molecule has 1 aromatic carbocycles. The summed E-state index contributed by atoms with van der Waals surface area (Å²) in [4.78, 5) is 0.243. The van der Waals surface area contributed by atoms with Gasteiger partial charge in [0.25, 0.3) is 0 Å². The summed E-state index contributed by atoms with van der Waals surface area (Å²) in [5.74, 6) is 0.356. The van der Waals surface area contributed by atoms with E-state index in [4.69, 9.17) is 11.6 Å². The van der Waals surface area contributed by atoms with Crippen LogP contribution in [0.15, 0.2) is 27.6 Å². The Morgan fingerprint density at radius 1 is 1.30 bits per heavy atom. The van der Waals surface area contributed by atoms with Crippen LogP contribution in [0.3, 0.4) is 0 Å². The zero-order valence-electron chi connectivity index (χ0n) is 10.8. The molecule has 2 rings (SSSR count). The zero-order chi connectivity index (χ0) is 14.8. The molecular weight excluding hydrogens is 429 g/mol. The molecule has 1 saturated carbocycles. The molecule has 0 heterocycles. The maximum atomic E-state index is 12.4. The van der Waals surface area contributed by atoms with Gasteiger partial charge in [-0.2, -0.15) is 0 Å². The summed E-state index contributed by atoms with van der Waals surface area (Å²) >= 11 is 12.6. The van der Waals surface area contributed by atoms with Crippen molar-refractivity contribution in [2.45, 2.75) is 36.6 Å². The van der Waals surface area contributed by atoms with Crippen molar-refractivity contribution in [1.82, 2.24) is 4.72 Å². The number of alkyl halides is 1. The van der Waals surface area contributed by atoms with Crippen molar-refractivity contribution in [2.75, 3.05) is 5.33 Å². The summed E-state index contributed by atoms with van der Waals surface area (Å²) in [7, 11) is -3.50. The van der Waals surface area contributed by atoms with E-state index in [0.29, 0.717) is 15.4 Å². The third-order valence-electron chi connectivity index (χ3n) is 3.62. The predicted octanol–water partition coefficient (Wildman–Crippen LogP) is 4.33. The van der Waals surface area contributed by atoms with Crippen LogP contribution in [0.1, 0.15) is 25.7 Å². The third-order valence-corrected chi connectivity index (χ3v) is 7.15. The van der Waals surface area contributed by atoms with Gasteiger partial charge in [-0.05, 0) is 52.9 Å². The average Bonchev–Trinajstić information content (AvgIpc) is 2.42. The van der Waals surface area contributed by atoms with Gasteiger partial charge in [0.15, 0.2) is 0 Å². The van der Waals surface area contributed by atoms with E-state index in [9.17, 15) is 8.42 Å². The Kier molecular flexibility index (Phi) is 5.94. The summed E-state index contributed by atoms with van der Waals surface area (Å²) < 4.78 is 28.3. The van der Waals surface area contributed by atoms with Crippen LogP contribution in [0.5, 0.6) is 0 Å². The molecule has 0 spiro atoms. The molecule has 1 aromatic rings. The fourth-order valence-corrected chi connectivity index (χ4v) is 5.25. The molecule has 7 heteroatoms. The van der Waals surface area contributed by atoms with Crippen LogP contribution in [0, 0.1) is 5.92 Å². The van der Waals surface area contributed by atoms with Gasteiger partial charge in [0.05, 0.1) is 9.92 Å². The summed E-state index contributed by atoms with van der Waals surface area (Å²) in [5.41, 5.74) is 0. The number of sulfonamides is 1. The van der Waals surface area contributed by atoms with E-state index in [0.717, 1.165) is 24.6 Å². The minimum absolute atomic E-state index is 0.00239. The lowest BCUT2D eigenvalue weighted by atomic mass is 9.87. The van der Waals surface area contributed by atoms with Gasteiger partial charge in [-0.15, -0.1) is 0 Å². The highest BCUT2D eigenvalue weighted by Crippen LogP contribution is 2.29. The number of benzene rings is 1. The van der Waals surface area contributed by atoms with E-state index < -0.39 is 10.0 Å². The van der Waals surface area contributed by atoms with Crippen molar-refractivity contribution in [3.63, 3.8) is 0 Å². The summed E-state index contributed by atoms with van der Waals surface area (Å²) in [6.45, 7) is 0. The van der Waals surface area contributed by atoms with Crippen molar-refractivity contribution >= 4 is 53.5 Å². The van der Waals surface area contributed by atoms with E-state index in [-0.39, 0.29) is 10.9 Å². The third kappa shape index (κ3) is 3.97. The fourth-order valence-electron chi connectivity index (χ4n) is 2.46. The number of hydrogen-bond donors (Lipinski definition) is 1. The largest absolute Gasteiger partial charge is 0.240 e. The first-order valence-corrected chi connectivity index (χ1v) is 10.2. The highest BCUT2D eigenvalue weighted by atomic mass is 79.9. The van der Waals surface area contributed by atoms with Crippen molar-refractivity contribution in [3.05, 3.63) is 27.7 Å². The van der Waals surface area contributed by atoms with E-state index in [1.165, 1.54) is 18.6 Å².